The molecule has 10 heteroatoms. The third-order valence-corrected chi connectivity index (χ3v) is 8.51. The summed E-state index contributed by atoms with van der Waals surface area (Å²) in [4.78, 5) is 20.5. The van der Waals surface area contributed by atoms with E-state index in [9.17, 15) is 4.79 Å². The van der Waals surface area contributed by atoms with Gasteiger partial charge in [0.15, 0.2) is 11.8 Å². The zero-order valence-corrected chi connectivity index (χ0v) is 26.3. The molecule has 0 N–H and O–H groups in total. The third kappa shape index (κ3) is 6.14. The van der Waals surface area contributed by atoms with Crippen molar-refractivity contribution in [1.29, 1.82) is 0 Å². The summed E-state index contributed by atoms with van der Waals surface area (Å²) >= 11 is 0. The number of anilines is 1. The first kappa shape index (κ1) is 30.0. The van der Waals surface area contributed by atoms with Gasteiger partial charge in [0.1, 0.15) is 5.82 Å². The molecule has 1 fully saturated rings. The second-order valence-electron chi connectivity index (χ2n) is 12.4. The van der Waals surface area contributed by atoms with Gasteiger partial charge in [-0.2, -0.15) is 14.7 Å². The van der Waals surface area contributed by atoms with E-state index in [1.807, 2.05) is 40.5 Å². The van der Waals surface area contributed by atoms with Crippen LogP contribution in [0.5, 0.6) is 0 Å². The van der Waals surface area contributed by atoms with Crippen LogP contribution in [-0.4, -0.2) is 69.4 Å². The second kappa shape index (κ2) is 12.5. The van der Waals surface area contributed by atoms with Crippen molar-refractivity contribution < 1.29 is 19.0 Å². The minimum Gasteiger partial charge on any atom is -0.467 e. The summed E-state index contributed by atoms with van der Waals surface area (Å²) in [5.41, 5.74) is 5.53. The van der Waals surface area contributed by atoms with Gasteiger partial charge in [0.2, 0.25) is 0 Å². The zero-order valence-electron chi connectivity index (χ0n) is 26.3. The maximum absolute atomic E-state index is 13.2. The minimum absolute atomic E-state index is 0.236. The highest BCUT2D eigenvalue weighted by atomic mass is 16.6. The Kier molecular flexibility index (Phi) is 8.55. The number of allylic oxidation sites excluding steroid dienone is 1. The first-order chi connectivity index (χ1) is 21.2. The van der Waals surface area contributed by atoms with E-state index in [1.54, 1.807) is 0 Å². The number of ether oxygens (including phenoxy) is 3. The van der Waals surface area contributed by atoms with Crippen molar-refractivity contribution in [2.24, 2.45) is 5.92 Å². The Morgan fingerprint density at radius 1 is 1.05 bits per heavy atom. The summed E-state index contributed by atoms with van der Waals surface area (Å²) in [6.07, 6.45) is 7.90. The molecule has 7 rings (SSSR count). The van der Waals surface area contributed by atoms with Gasteiger partial charge in [-0.05, 0) is 51.2 Å². The van der Waals surface area contributed by atoms with Crippen LogP contribution in [0.15, 0.2) is 54.7 Å². The Hall–Kier alpha value is -4.02. The van der Waals surface area contributed by atoms with Crippen LogP contribution in [0.2, 0.25) is 0 Å². The average Bonchev–Trinajstić information content (AvgIpc) is 3.66. The molecule has 1 atom stereocenters. The largest absolute Gasteiger partial charge is 0.467 e. The molecule has 3 aromatic heterocycles. The zero-order chi connectivity index (χ0) is 30.8. The monoisotopic (exact) mass is 598 g/mol. The number of esters is 1. The lowest BCUT2D eigenvalue weighted by atomic mass is 9.92. The van der Waals surface area contributed by atoms with E-state index in [0.717, 1.165) is 67.2 Å². The predicted molar refractivity (Wildman–Crippen MR) is 169 cm³/mol. The molecule has 0 spiro atoms. The summed E-state index contributed by atoms with van der Waals surface area (Å²) in [5, 5.41) is 9.93. The molecule has 232 valence electrons. The maximum Gasteiger partial charge on any atom is 0.339 e. The number of carbonyl (C=O) groups excluding carboxylic acids is 1. The molecule has 1 aromatic carbocycles. The van der Waals surface area contributed by atoms with Gasteiger partial charge in [-0.15, -0.1) is 0 Å². The first-order valence-corrected chi connectivity index (χ1v) is 15.5. The van der Waals surface area contributed by atoms with E-state index in [4.69, 9.17) is 29.4 Å². The third-order valence-electron chi connectivity index (χ3n) is 8.51. The second-order valence-corrected chi connectivity index (χ2v) is 12.4. The molecular weight excluding hydrogens is 556 g/mol. The van der Waals surface area contributed by atoms with E-state index < -0.39 is 12.1 Å². The summed E-state index contributed by atoms with van der Waals surface area (Å²) in [7, 11) is 1.40. The van der Waals surface area contributed by atoms with E-state index in [0.29, 0.717) is 30.1 Å². The van der Waals surface area contributed by atoms with Gasteiger partial charge in [0.05, 0.1) is 42.9 Å². The van der Waals surface area contributed by atoms with Crippen LogP contribution in [0.1, 0.15) is 57.4 Å². The Labute approximate surface area is 258 Å². The number of hydrogen-bond donors (Lipinski definition) is 0. The molecule has 3 aliphatic heterocycles. The van der Waals surface area contributed by atoms with Crippen LogP contribution >= 0.6 is 0 Å². The van der Waals surface area contributed by atoms with E-state index in [2.05, 4.69) is 56.0 Å². The molecule has 0 aliphatic carbocycles. The Morgan fingerprint density at radius 2 is 1.82 bits per heavy atom. The molecule has 3 aliphatic rings. The molecule has 10 nitrogen and oxygen atoms in total. The molecular formula is C34H42N6O4. The quantitative estimate of drug-likeness (QED) is 0.210. The molecule has 6 heterocycles. The van der Waals surface area contributed by atoms with Gasteiger partial charge in [-0.25, -0.2) is 9.78 Å². The maximum atomic E-state index is 13.2. The minimum atomic E-state index is -0.930. The fraction of sp³-hybridized carbons (Fsp3) is 0.471. The highest BCUT2D eigenvalue weighted by molar-refractivity contribution is 5.80. The van der Waals surface area contributed by atoms with Crippen LogP contribution in [0.4, 0.5) is 5.82 Å². The number of nitrogens with zero attached hydrogens (tertiary/aromatic N) is 6. The molecule has 1 saturated heterocycles. The molecule has 0 unspecified atom stereocenters. The van der Waals surface area contributed by atoms with Gasteiger partial charge in [-0.1, -0.05) is 44.2 Å². The van der Waals surface area contributed by atoms with Crippen LogP contribution in [0.25, 0.3) is 28.2 Å². The van der Waals surface area contributed by atoms with Gasteiger partial charge in [0, 0.05) is 48.7 Å². The standard InChI is InChI=1S/C34H42N6O4/c1-23(2)22-43-31(33(41)42-5)30-24(3)35-29-21-28-26-11-9-10-25(20-26)27-12-16-39(36-27)15-7-6-8-19-44-34(4)13-17-38(18-14-34)32(30)40(29)37-28/h6,8-12,16,20-21,23,31H,7,13-15,17-19,22H2,1-5H3/b8-6+/t31-/m0/s1. The summed E-state index contributed by atoms with van der Waals surface area (Å²) < 4.78 is 21.8. The van der Waals surface area contributed by atoms with Crippen molar-refractivity contribution in [2.45, 2.75) is 65.2 Å². The van der Waals surface area contributed by atoms with Crippen LogP contribution in [0.3, 0.4) is 0 Å². The van der Waals surface area contributed by atoms with Crippen LogP contribution in [0, 0.1) is 12.8 Å². The number of benzene rings is 1. The van der Waals surface area contributed by atoms with Gasteiger partial charge >= 0.3 is 5.97 Å². The highest BCUT2D eigenvalue weighted by Crippen LogP contribution is 2.38. The number of aryl methyl sites for hydroxylation is 2. The Balaban J connectivity index is 1.51. The number of hydrogen-bond acceptors (Lipinski definition) is 8. The smallest absolute Gasteiger partial charge is 0.339 e. The lowest BCUT2D eigenvalue weighted by Crippen LogP contribution is -2.45. The van der Waals surface area contributed by atoms with E-state index in [-0.39, 0.29) is 11.5 Å². The molecule has 0 radical (unpaired) electrons. The lowest BCUT2D eigenvalue weighted by Gasteiger charge is -2.41. The fourth-order valence-corrected chi connectivity index (χ4v) is 5.99. The Bertz CT molecular complexity index is 1660. The highest BCUT2D eigenvalue weighted by Gasteiger charge is 2.37. The number of piperidine rings is 1. The van der Waals surface area contributed by atoms with Crippen molar-refractivity contribution in [3.63, 3.8) is 0 Å². The summed E-state index contributed by atoms with van der Waals surface area (Å²) in [6.45, 7) is 11.5. The summed E-state index contributed by atoms with van der Waals surface area (Å²) in [5.74, 6) is 0.595. The van der Waals surface area contributed by atoms with Gasteiger partial charge in [0.25, 0.3) is 0 Å². The normalized spacial score (nSPS) is 18.1. The predicted octanol–water partition coefficient (Wildman–Crippen LogP) is 5.79. The first-order valence-electron chi connectivity index (χ1n) is 15.5. The molecule has 0 amide bonds. The van der Waals surface area contributed by atoms with Crippen molar-refractivity contribution in [2.75, 3.05) is 38.3 Å². The molecule has 0 saturated carbocycles. The lowest BCUT2D eigenvalue weighted by molar-refractivity contribution is -0.155. The van der Waals surface area contributed by atoms with Crippen molar-refractivity contribution in [1.82, 2.24) is 24.4 Å². The fourth-order valence-electron chi connectivity index (χ4n) is 5.99. The van der Waals surface area contributed by atoms with Crippen molar-refractivity contribution in [3.05, 3.63) is 66.0 Å². The van der Waals surface area contributed by atoms with E-state index >= 15 is 0 Å². The average molecular weight is 599 g/mol. The summed E-state index contributed by atoms with van der Waals surface area (Å²) in [6, 6.07) is 12.3. The van der Waals surface area contributed by atoms with Crippen molar-refractivity contribution >= 4 is 17.4 Å². The topological polar surface area (TPSA) is 96.0 Å². The number of aromatic nitrogens is 5. The van der Waals surface area contributed by atoms with Crippen LogP contribution in [-0.2, 0) is 25.5 Å². The number of rotatable bonds is 5. The number of methoxy groups -OCH3 is 1. The van der Waals surface area contributed by atoms with Gasteiger partial charge < -0.3 is 19.1 Å². The van der Waals surface area contributed by atoms with Gasteiger partial charge in [-0.3, -0.25) is 4.68 Å². The molecule has 44 heavy (non-hydrogen) atoms. The molecule has 4 aromatic rings. The SMILES string of the molecule is COC(=O)[C@@H](OCC(C)C)c1c(C)nc2cc3nn2c1N1CCC(C)(CC1)OC/C=C/CCn1ccc(n1)-c1cccc-3c1. The Morgan fingerprint density at radius 3 is 2.57 bits per heavy atom. The van der Waals surface area contributed by atoms with Crippen molar-refractivity contribution in [3.8, 4) is 22.5 Å². The molecule has 8 bridgehead atoms. The number of fused-ring (bicyclic) bond motifs is 6. The van der Waals surface area contributed by atoms with E-state index in [1.165, 1.54) is 7.11 Å². The number of carbonyl (C=O) groups is 1. The van der Waals surface area contributed by atoms with Crippen LogP contribution < -0.4 is 4.90 Å².